The van der Waals surface area contributed by atoms with Gasteiger partial charge in [-0.25, -0.2) is 0 Å². The molecule has 7 heteroatoms. The second-order valence-corrected chi connectivity index (χ2v) is 8.29. The first-order valence-corrected chi connectivity index (χ1v) is 9.70. The van der Waals surface area contributed by atoms with Crippen LogP contribution in [0.1, 0.15) is 22.5 Å². The number of ether oxygens (including phenoxy) is 1. The third-order valence-electron chi connectivity index (χ3n) is 4.55. The van der Waals surface area contributed by atoms with E-state index >= 15 is 0 Å². The van der Waals surface area contributed by atoms with Gasteiger partial charge in [0.2, 0.25) is 0 Å². The number of nitrogens with one attached hydrogen (secondary N) is 1. The van der Waals surface area contributed by atoms with Crippen molar-refractivity contribution in [3.05, 3.63) is 66.1 Å². The van der Waals surface area contributed by atoms with Gasteiger partial charge in [-0.3, -0.25) is 4.79 Å². The first kappa shape index (κ1) is 21.4. The van der Waals surface area contributed by atoms with Gasteiger partial charge in [-0.05, 0) is 17.5 Å². The van der Waals surface area contributed by atoms with E-state index in [4.69, 9.17) is 9.15 Å². The van der Waals surface area contributed by atoms with Crippen LogP contribution < -0.4 is 15.2 Å². The van der Waals surface area contributed by atoms with E-state index in [1.54, 1.807) is 6.07 Å². The molecule has 1 aromatic heterocycles. The Morgan fingerprint density at radius 3 is 2.60 bits per heavy atom. The van der Waals surface area contributed by atoms with Crippen molar-refractivity contribution in [1.82, 2.24) is 5.32 Å². The number of carboxylic acids is 1. The fraction of sp³-hybridized carbons (Fsp3) is 0.304. The highest BCUT2D eigenvalue weighted by Crippen LogP contribution is 2.26. The first-order valence-electron chi connectivity index (χ1n) is 9.70. The van der Waals surface area contributed by atoms with Crippen molar-refractivity contribution in [1.29, 1.82) is 0 Å². The summed E-state index contributed by atoms with van der Waals surface area (Å²) in [6, 6.07) is 14.8. The quantitative estimate of drug-likeness (QED) is 0.545. The molecule has 2 aromatic carbocycles. The maximum Gasteiger partial charge on any atom is 0.254 e. The monoisotopic (exact) mass is 410 g/mol. The molecule has 0 aliphatic rings. The minimum absolute atomic E-state index is 0.169. The number of aliphatic carboxylic acids is 1. The van der Waals surface area contributed by atoms with Crippen LogP contribution in [0.5, 0.6) is 5.75 Å². The number of hydrogen-bond acceptors (Lipinski definition) is 5. The number of hydrogen-bond donors (Lipinski definition) is 1. The van der Waals surface area contributed by atoms with E-state index in [9.17, 15) is 14.7 Å². The largest absolute Gasteiger partial charge is 0.550 e. The van der Waals surface area contributed by atoms with E-state index in [-0.39, 0.29) is 13.0 Å². The number of fused-ring (bicyclic) bond motifs is 1. The van der Waals surface area contributed by atoms with Gasteiger partial charge in [-0.15, -0.1) is 0 Å². The Bertz CT molecular complexity index is 1030. The highest BCUT2D eigenvalue weighted by molar-refractivity contribution is 5.94. The van der Waals surface area contributed by atoms with Crippen LogP contribution in [0.25, 0.3) is 10.8 Å². The standard InChI is InChI=1S/C23H26N2O5/c1-25(2,3)13-18(12-22(26)27)24-23(28)17-11-19(29-14-17)15-30-21-10-6-8-16-7-4-5-9-20(16)21/h4-11,14,18H,12-13,15H2,1-3H3,(H-,24,26,27,28)/t18-/m1/s1. The fourth-order valence-corrected chi connectivity index (χ4v) is 3.34. The Morgan fingerprint density at radius 1 is 1.13 bits per heavy atom. The summed E-state index contributed by atoms with van der Waals surface area (Å²) < 4.78 is 11.9. The number of rotatable bonds is 9. The molecular weight excluding hydrogens is 384 g/mol. The molecule has 0 fully saturated rings. The zero-order chi connectivity index (χ0) is 21.7. The van der Waals surface area contributed by atoms with Gasteiger partial charge >= 0.3 is 0 Å². The smallest absolute Gasteiger partial charge is 0.254 e. The predicted molar refractivity (Wildman–Crippen MR) is 111 cm³/mol. The zero-order valence-electron chi connectivity index (χ0n) is 17.4. The van der Waals surface area contributed by atoms with E-state index in [1.807, 2.05) is 63.6 Å². The van der Waals surface area contributed by atoms with Crippen molar-refractivity contribution in [2.45, 2.75) is 19.1 Å². The van der Waals surface area contributed by atoms with Crippen molar-refractivity contribution in [3.63, 3.8) is 0 Å². The highest BCUT2D eigenvalue weighted by Gasteiger charge is 2.22. The lowest BCUT2D eigenvalue weighted by Crippen LogP contribution is -2.50. The molecular formula is C23H26N2O5. The molecule has 0 aliphatic heterocycles. The van der Waals surface area contributed by atoms with Crippen LogP contribution in [-0.2, 0) is 11.4 Å². The van der Waals surface area contributed by atoms with Gasteiger partial charge in [-0.1, -0.05) is 36.4 Å². The first-order chi connectivity index (χ1) is 14.2. The van der Waals surface area contributed by atoms with Gasteiger partial charge in [0.1, 0.15) is 24.4 Å². The van der Waals surface area contributed by atoms with Crippen LogP contribution in [0.15, 0.2) is 59.2 Å². The van der Waals surface area contributed by atoms with E-state index in [0.717, 1.165) is 16.5 Å². The zero-order valence-corrected chi connectivity index (χ0v) is 17.4. The molecule has 0 aliphatic carbocycles. The lowest BCUT2D eigenvalue weighted by molar-refractivity contribution is -0.871. The molecule has 3 aromatic rings. The number of carbonyl (C=O) groups is 2. The molecule has 3 rings (SSSR count). The number of carbonyl (C=O) groups excluding carboxylic acids is 2. The van der Waals surface area contributed by atoms with Crippen LogP contribution in [0.4, 0.5) is 0 Å². The minimum Gasteiger partial charge on any atom is -0.550 e. The van der Waals surface area contributed by atoms with Gasteiger partial charge in [0.25, 0.3) is 5.91 Å². The van der Waals surface area contributed by atoms with Crippen LogP contribution in [0.2, 0.25) is 0 Å². The van der Waals surface area contributed by atoms with Crippen molar-refractivity contribution in [2.75, 3.05) is 27.7 Å². The number of amides is 1. The average molecular weight is 410 g/mol. The van der Waals surface area contributed by atoms with Crippen LogP contribution in [0, 0.1) is 0 Å². The molecule has 0 saturated carbocycles. The molecule has 0 saturated heterocycles. The number of likely N-dealkylation sites (N-methyl/N-ethyl adjacent to an activating group) is 1. The Kier molecular flexibility index (Phi) is 6.42. The van der Waals surface area contributed by atoms with Crippen LogP contribution in [0.3, 0.4) is 0 Å². The summed E-state index contributed by atoms with van der Waals surface area (Å²) in [5.74, 6) is -0.372. The summed E-state index contributed by atoms with van der Waals surface area (Å²) >= 11 is 0. The van der Waals surface area contributed by atoms with Crippen LogP contribution in [-0.4, -0.2) is 50.1 Å². The van der Waals surface area contributed by atoms with Gasteiger partial charge in [0.05, 0.1) is 39.3 Å². The molecule has 1 heterocycles. The molecule has 0 radical (unpaired) electrons. The number of benzene rings is 2. The number of furan rings is 1. The number of quaternary nitrogens is 1. The molecule has 0 bridgehead atoms. The number of carboxylic acid groups (broad SMARTS) is 1. The molecule has 1 N–H and O–H groups in total. The van der Waals surface area contributed by atoms with Crippen LogP contribution >= 0.6 is 0 Å². The lowest BCUT2D eigenvalue weighted by Gasteiger charge is -2.29. The third-order valence-corrected chi connectivity index (χ3v) is 4.55. The topological polar surface area (TPSA) is 91.6 Å². The summed E-state index contributed by atoms with van der Waals surface area (Å²) in [5, 5.41) is 15.9. The third kappa shape index (κ3) is 5.84. The Balaban J connectivity index is 1.64. The van der Waals surface area contributed by atoms with Gasteiger partial charge in [-0.2, -0.15) is 0 Å². The maximum atomic E-state index is 12.6. The summed E-state index contributed by atoms with van der Waals surface area (Å²) in [5.41, 5.74) is 0.316. The van der Waals surface area contributed by atoms with Gasteiger partial charge in [0, 0.05) is 17.8 Å². The van der Waals surface area contributed by atoms with Crippen molar-refractivity contribution < 1.29 is 28.3 Å². The lowest BCUT2D eigenvalue weighted by atomic mass is 10.1. The van der Waals surface area contributed by atoms with Gasteiger partial charge in [0.15, 0.2) is 0 Å². The average Bonchev–Trinajstić information content (AvgIpc) is 3.13. The summed E-state index contributed by atoms with van der Waals surface area (Å²) in [6.45, 7) is 0.622. The maximum absolute atomic E-state index is 12.6. The van der Waals surface area contributed by atoms with Crippen molar-refractivity contribution in [3.8, 4) is 5.75 Å². The van der Waals surface area contributed by atoms with E-state index in [0.29, 0.717) is 22.4 Å². The van der Waals surface area contributed by atoms with E-state index < -0.39 is 17.9 Å². The molecule has 30 heavy (non-hydrogen) atoms. The van der Waals surface area contributed by atoms with E-state index in [1.165, 1.54) is 6.26 Å². The van der Waals surface area contributed by atoms with Crippen molar-refractivity contribution >= 4 is 22.6 Å². The SMILES string of the molecule is C[N+](C)(C)C[C@@H](CC(=O)[O-])NC(=O)c1coc(COc2cccc3ccccc23)c1. The number of nitrogens with zero attached hydrogens (tertiary/aromatic N) is 1. The summed E-state index contributed by atoms with van der Waals surface area (Å²) in [6.07, 6.45) is 1.09. The Labute approximate surface area is 175 Å². The normalized spacial score (nSPS) is 12.5. The molecule has 7 nitrogen and oxygen atoms in total. The molecule has 158 valence electrons. The van der Waals surface area contributed by atoms with E-state index in [2.05, 4.69) is 5.32 Å². The highest BCUT2D eigenvalue weighted by atomic mass is 16.5. The summed E-state index contributed by atoms with van der Waals surface area (Å²) in [7, 11) is 5.78. The molecule has 0 unspecified atom stereocenters. The molecule has 0 spiro atoms. The molecule has 1 amide bonds. The summed E-state index contributed by atoms with van der Waals surface area (Å²) in [4.78, 5) is 23.6. The second-order valence-electron chi connectivity index (χ2n) is 8.29. The minimum atomic E-state index is -1.20. The second kappa shape index (κ2) is 9.00. The van der Waals surface area contributed by atoms with Gasteiger partial charge < -0.3 is 28.9 Å². The Morgan fingerprint density at radius 2 is 1.87 bits per heavy atom. The fourth-order valence-electron chi connectivity index (χ4n) is 3.34. The Hall–Kier alpha value is -3.32. The van der Waals surface area contributed by atoms with Crippen molar-refractivity contribution in [2.24, 2.45) is 0 Å². The molecule has 1 atom stereocenters. The predicted octanol–water partition coefficient (Wildman–Crippen LogP) is 1.96.